The molecule has 0 amide bonds. The first-order valence-electron chi connectivity index (χ1n) is 7.57. The van der Waals surface area contributed by atoms with Gasteiger partial charge in [0.15, 0.2) is 5.11 Å². The highest BCUT2D eigenvalue weighted by atomic mass is 32.1. The molecule has 0 unspecified atom stereocenters. The molecule has 0 atom stereocenters. The lowest BCUT2D eigenvalue weighted by Gasteiger charge is -2.22. The predicted octanol–water partition coefficient (Wildman–Crippen LogP) is 5.10. The van der Waals surface area contributed by atoms with Crippen LogP contribution < -0.4 is 5.32 Å². The van der Waals surface area contributed by atoms with Gasteiger partial charge in [0.05, 0.1) is 5.56 Å². The number of para-hydroxylation sites is 1. The highest BCUT2D eigenvalue weighted by Crippen LogP contribution is 2.29. The van der Waals surface area contributed by atoms with Gasteiger partial charge in [0.2, 0.25) is 0 Å². The van der Waals surface area contributed by atoms with Gasteiger partial charge in [-0.3, -0.25) is 0 Å². The Morgan fingerprint density at radius 2 is 1.71 bits per heavy atom. The Morgan fingerprint density at radius 1 is 1.08 bits per heavy atom. The van der Waals surface area contributed by atoms with Crippen LogP contribution in [0.25, 0.3) is 0 Å². The molecule has 2 aromatic carbocycles. The van der Waals surface area contributed by atoms with Crippen molar-refractivity contribution in [2.24, 2.45) is 0 Å². The van der Waals surface area contributed by atoms with Crippen molar-refractivity contribution in [2.45, 2.75) is 26.1 Å². The van der Waals surface area contributed by atoms with Gasteiger partial charge < -0.3 is 10.2 Å². The molecule has 0 aliphatic carbocycles. The van der Waals surface area contributed by atoms with Crippen LogP contribution in [0.4, 0.5) is 18.9 Å². The molecule has 2 nitrogen and oxygen atoms in total. The number of nitrogens with one attached hydrogen (secondary N) is 1. The molecule has 0 aromatic heterocycles. The van der Waals surface area contributed by atoms with Gasteiger partial charge in [-0.25, -0.2) is 0 Å². The summed E-state index contributed by atoms with van der Waals surface area (Å²) >= 11 is 5.39. The number of aryl methyl sites for hydroxylation is 1. The Hall–Kier alpha value is -2.08. The first-order chi connectivity index (χ1) is 11.3. The topological polar surface area (TPSA) is 15.3 Å². The summed E-state index contributed by atoms with van der Waals surface area (Å²) < 4.78 is 37.7. The predicted molar refractivity (Wildman–Crippen MR) is 95.0 cm³/mol. The lowest BCUT2D eigenvalue weighted by molar-refractivity contribution is -0.137. The number of rotatable bonds is 4. The third kappa shape index (κ3) is 4.71. The summed E-state index contributed by atoms with van der Waals surface area (Å²) in [7, 11) is 1.81. The quantitative estimate of drug-likeness (QED) is 0.771. The van der Waals surface area contributed by atoms with Crippen molar-refractivity contribution in [3.8, 4) is 0 Å². The molecular weight excluding hydrogens is 333 g/mol. The second-order valence-corrected chi connectivity index (χ2v) is 5.88. The average molecular weight is 352 g/mol. The minimum Gasteiger partial charge on any atom is -0.348 e. The Kier molecular flexibility index (Phi) is 5.83. The van der Waals surface area contributed by atoms with Crippen LogP contribution in [0, 0.1) is 0 Å². The van der Waals surface area contributed by atoms with E-state index in [1.807, 2.05) is 31.3 Å². The number of thiocarbonyl (C=S) groups is 1. The van der Waals surface area contributed by atoms with E-state index in [-0.39, 0.29) is 0 Å². The molecule has 0 radical (unpaired) electrons. The molecule has 0 bridgehead atoms. The summed E-state index contributed by atoms with van der Waals surface area (Å²) in [6.07, 6.45) is -3.43. The SMILES string of the molecule is CCc1ccccc1NC(=S)N(C)Cc1ccc(C(F)(F)F)cc1. The second-order valence-electron chi connectivity index (χ2n) is 5.49. The number of benzene rings is 2. The van der Waals surface area contributed by atoms with Crippen molar-refractivity contribution in [3.63, 3.8) is 0 Å². The van der Waals surface area contributed by atoms with E-state index in [1.165, 1.54) is 12.1 Å². The fraction of sp³-hybridized carbons (Fsp3) is 0.278. The van der Waals surface area contributed by atoms with Crippen LogP contribution in [-0.4, -0.2) is 17.1 Å². The fourth-order valence-corrected chi connectivity index (χ4v) is 2.48. The van der Waals surface area contributed by atoms with Gasteiger partial charge in [-0.15, -0.1) is 0 Å². The zero-order valence-corrected chi connectivity index (χ0v) is 14.3. The number of anilines is 1. The molecule has 0 fully saturated rings. The molecule has 2 rings (SSSR count). The molecule has 24 heavy (non-hydrogen) atoms. The first kappa shape index (κ1) is 18.3. The molecule has 0 saturated carbocycles. The fourth-order valence-electron chi connectivity index (χ4n) is 2.31. The zero-order valence-electron chi connectivity index (χ0n) is 13.5. The van der Waals surface area contributed by atoms with Gasteiger partial charge in [0.25, 0.3) is 0 Å². The van der Waals surface area contributed by atoms with E-state index in [0.29, 0.717) is 11.7 Å². The Labute approximate surface area is 145 Å². The number of alkyl halides is 3. The number of halogens is 3. The Balaban J connectivity index is 2.01. The van der Waals surface area contributed by atoms with Crippen LogP contribution >= 0.6 is 12.2 Å². The van der Waals surface area contributed by atoms with Crippen molar-refractivity contribution >= 4 is 23.0 Å². The minimum atomic E-state index is -4.31. The molecule has 6 heteroatoms. The van der Waals surface area contributed by atoms with Crippen molar-refractivity contribution in [3.05, 3.63) is 65.2 Å². The Bertz CT molecular complexity index is 696. The standard InChI is InChI=1S/C18H19F3N2S/c1-3-14-6-4-5-7-16(14)22-17(24)23(2)12-13-8-10-15(11-9-13)18(19,20)21/h4-11H,3,12H2,1-2H3,(H,22,24). The monoisotopic (exact) mass is 352 g/mol. The van der Waals surface area contributed by atoms with E-state index in [4.69, 9.17) is 12.2 Å². The van der Waals surface area contributed by atoms with Crippen LogP contribution in [0.1, 0.15) is 23.6 Å². The van der Waals surface area contributed by atoms with E-state index in [9.17, 15) is 13.2 Å². The number of nitrogens with zero attached hydrogens (tertiary/aromatic N) is 1. The molecule has 128 valence electrons. The molecular formula is C18H19F3N2S. The highest BCUT2D eigenvalue weighted by molar-refractivity contribution is 7.80. The van der Waals surface area contributed by atoms with Crippen LogP contribution in [0.15, 0.2) is 48.5 Å². The van der Waals surface area contributed by atoms with Crippen LogP contribution in [0.3, 0.4) is 0 Å². The molecule has 0 heterocycles. The maximum absolute atomic E-state index is 12.6. The second kappa shape index (κ2) is 7.66. The zero-order chi connectivity index (χ0) is 17.7. The van der Waals surface area contributed by atoms with Crippen LogP contribution in [0.5, 0.6) is 0 Å². The lowest BCUT2D eigenvalue weighted by atomic mass is 10.1. The van der Waals surface area contributed by atoms with Gasteiger partial charge in [-0.2, -0.15) is 13.2 Å². The Morgan fingerprint density at radius 3 is 2.29 bits per heavy atom. The highest BCUT2D eigenvalue weighted by Gasteiger charge is 2.29. The molecule has 0 aliphatic rings. The van der Waals surface area contributed by atoms with E-state index in [2.05, 4.69) is 12.2 Å². The summed E-state index contributed by atoms with van der Waals surface area (Å²) in [6.45, 7) is 2.49. The van der Waals surface area contributed by atoms with Crippen molar-refractivity contribution in [2.75, 3.05) is 12.4 Å². The van der Waals surface area contributed by atoms with Crippen molar-refractivity contribution in [1.29, 1.82) is 0 Å². The van der Waals surface area contributed by atoms with E-state index in [1.54, 1.807) is 4.90 Å². The first-order valence-corrected chi connectivity index (χ1v) is 7.98. The van der Waals surface area contributed by atoms with Crippen LogP contribution in [-0.2, 0) is 19.1 Å². The van der Waals surface area contributed by atoms with E-state index < -0.39 is 11.7 Å². The normalized spacial score (nSPS) is 11.2. The summed E-state index contributed by atoms with van der Waals surface area (Å²) in [5.41, 5.74) is 2.22. The average Bonchev–Trinajstić information content (AvgIpc) is 2.55. The molecule has 2 aromatic rings. The summed E-state index contributed by atoms with van der Waals surface area (Å²) in [5.74, 6) is 0. The smallest absolute Gasteiger partial charge is 0.348 e. The third-order valence-electron chi connectivity index (χ3n) is 3.69. The maximum Gasteiger partial charge on any atom is 0.416 e. The number of hydrogen-bond donors (Lipinski definition) is 1. The van der Waals surface area contributed by atoms with Gasteiger partial charge in [0, 0.05) is 19.3 Å². The summed E-state index contributed by atoms with van der Waals surface area (Å²) in [4.78, 5) is 1.80. The van der Waals surface area contributed by atoms with Crippen LogP contribution in [0.2, 0.25) is 0 Å². The van der Waals surface area contributed by atoms with E-state index >= 15 is 0 Å². The summed E-state index contributed by atoms with van der Waals surface area (Å²) in [6, 6.07) is 13.0. The van der Waals surface area contributed by atoms with E-state index in [0.717, 1.165) is 35.4 Å². The largest absolute Gasteiger partial charge is 0.416 e. The van der Waals surface area contributed by atoms with Crippen molar-refractivity contribution < 1.29 is 13.2 Å². The number of hydrogen-bond acceptors (Lipinski definition) is 1. The van der Waals surface area contributed by atoms with Crippen molar-refractivity contribution in [1.82, 2.24) is 4.90 Å². The van der Waals surface area contributed by atoms with Gasteiger partial charge in [0.1, 0.15) is 0 Å². The lowest BCUT2D eigenvalue weighted by Crippen LogP contribution is -2.30. The molecule has 0 saturated heterocycles. The van der Waals surface area contributed by atoms with Gasteiger partial charge in [-0.05, 0) is 48.0 Å². The molecule has 1 N–H and O–H groups in total. The molecule has 0 aliphatic heterocycles. The van der Waals surface area contributed by atoms with Gasteiger partial charge >= 0.3 is 6.18 Å². The third-order valence-corrected chi connectivity index (χ3v) is 4.10. The molecule has 0 spiro atoms. The van der Waals surface area contributed by atoms with Gasteiger partial charge in [-0.1, -0.05) is 37.3 Å². The minimum absolute atomic E-state index is 0.429. The maximum atomic E-state index is 12.6. The summed E-state index contributed by atoms with van der Waals surface area (Å²) in [5, 5.41) is 3.72.